The van der Waals surface area contributed by atoms with Crippen LogP contribution >= 0.6 is 38.9 Å². The average molecular weight is 377 g/mol. The van der Waals surface area contributed by atoms with Gasteiger partial charge in [0.2, 0.25) is 17.2 Å². The Kier molecular flexibility index (Phi) is 6.00. The van der Waals surface area contributed by atoms with Crippen LogP contribution in [0, 0.1) is 0 Å². The molecule has 0 spiro atoms. The standard InChI is InChI=1S/C12H15BrClN5S/c1-2-6-15-11-17-10(14)18-12(19-11)16-7-5-8-3-4-9(13)20-8/h3-4H,2,5-7H2,1H3,(H2,15,16,17,18,19). The Morgan fingerprint density at radius 2 is 1.85 bits per heavy atom. The Morgan fingerprint density at radius 1 is 1.15 bits per heavy atom. The number of hydrogen-bond donors (Lipinski definition) is 2. The lowest BCUT2D eigenvalue weighted by atomic mass is 10.3. The van der Waals surface area contributed by atoms with Gasteiger partial charge in [0.05, 0.1) is 3.79 Å². The van der Waals surface area contributed by atoms with E-state index in [-0.39, 0.29) is 5.28 Å². The first-order chi connectivity index (χ1) is 9.67. The molecule has 0 saturated heterocycles. The van der Waals surface area contributed by atoms with Crippen LogP contribution in [-0.4, -0.2) is 28.0 Å². The third-order valence-electron chi connectivity index (χ3n) is 2.42. The number of thiophene rings is 1. The van der Waals surface area contributed by atoms with E-state index in [4.69, 9.17) is 11.6 Å². The lowest BCUT2D eigenvalue weighted by molar-refractivity contribution is 0.928. The summed E-state index contributed by atoms with van der Waals surface area (Å²) in [5.74, 6) is 1.01. The predicted molar refractivity (Wildman–Crippen MR) is 87.8 cm³/mol. The van der Waals surface area contributed by atoms with Crippen molar-refractivity contribution in [3.63, 3.8) is 0 Å². The van der Waals surface area contributed by atoms with Gasteiger partial charge < -0.3 is 10.6 Å². The molecule has 2 rings (SSSR count). The van der Waals surface area contributed by atoms with Crippen LogP contribution in [0.4, 0.5) is 11.9 Å². The summed E-state index contributed by atoms with van der Waals surface area (Å²) in [4.78, 5) is 13.7. The van der Waals surface area contributed by atoms with E-state index in [1.54, 1.807) is 11.3 Å². The van der Waals surface area contributed by atoms with Gasteiger partial charge in [-0.05, 0) is 52.5 Å². The van der Waals surface area contributed by atoms with E-state index < -0.39 is 0 Å². The maximum absolute atomic E-state index is 5.88. The lowest BCUT2D eigenvalue weighted by Crippen LogP contribution is -2.11. The van der Waals surface area contributed by atoms with E-state index in [2.05, 4.69) is 54.5 Å². The van der Waals surface area contributed by atoms with E-state index in [9.17, 15) is 0 Å². The Balaban J connectivity index is 1.89. The summed E-state index contributed by atoms with van der Waals surface area (Å²) in [6, 6.07) is 4.15. The second-order valence-corrected chi connectivity index (χ2v) is 6.95. The zero-order valence-electron chi connectivity index (χ0n) is 11.0. The first-order valence-electron chi connectivity index (χ1n) is 6.31. The number of anilines is 2. The van der Waals surface area contributed by atoms with Crippen LogP contribution in [0.1, 0.15) is 18.2 Å². The summed E-state index contributed by atoms with van der Waals surface area (Å²) in [5.41, 5.74) is 0. The van der Waals surface area contributed by atoms with Crippen LogP contribution < -0.4 is 10.6 Å². The van der Waals surface area contributed by atoms with E-state index in [0.29, 0.717) is 11.9 Å². The van der Waals surface area contributed by atoms with Crippen molar-refractivity contribution < 1.29 is 0 Å². The third kappa shape index (κ3) is 4.88. The maximum atomic E-state index is 5.88. The monoisotopic (exact) mass is 375 g/mol. The second kappa shape index (κ2) is 7.75. The molecule has 2 aromatic heterocycles. The molecule has 2 N–H and O–H groups in total. The summed E-state index contributed by atoms with van der Waals surface area (Å²) in [5, 5.41) is 6.46. The van der Waals surface area contributed by atoms with Crippen LogP contribution in [0.25, 0.3) is 0 Å². The molecule has 0 aliphatic carbocycles. The maximum Gasteiger partial charge on any atom is 0.228 e. The second-order valence-electron chi connectivity index (χ2n) is 4.06. The Bertz CT molecular complexity index is 563. The molecule has 0 unspecified atom stereocenters. The molecule has 0 bridgehead atoms. The minimum absolute atomic E-state index is 0.194. The summed E-state index contributed by atoms with van der Waals surface area (Å²) in [6.45, 7) is 3.64. The fraction of sp³-hybridized carbons (Fsp3) is 0.417. The van der Waals surface area contributed by atoms with Crippen LogP contribution in [0.5, 0.6) is 0 Å². The Morgan fingerprint density at radius 3 is 2.45 bits per heavy atom. The van der Waals surface area contributed by atoms with Crippen molar-refractivity contribution in [2.75, 3.05) is 23.7 Å². The number of aromatic nitrogens is 3. The van der Waals surface area contributed by atoms with Crippen LogP contribution in [0.3, 0.4) is 0 Å². The lowest BCUT2D eigenvalue weighted by Gasteiger charge is -2.07. The van der Waals surface area contributed by atoms with Crippen molar-refractivity contribution >= 4 is 50.8 Å². The summed E-state index contributed by atoms with van der Waals surface area (Å²) in [6.07, 6.45) is 1.91. The van der Waals surface area contributed by atoms with Gasteiger partial charge >= 0.3 is 0 Å². The molecule has 0 amide bonds. The molecule has 0 aliphatic rings. The van der Waals surface area contributed by atoms with Crippen LogP contribution in [0.2, 0.25) is 5.28 Å². The van der Waals surface area contributed by atoms with Gasteiger partial charge in [-0.2, -0.15) is 15.0 Å². The summed E-state index contributed by atoms with van der Waals surface area (Å²) < 4.78 is 1.14. The molecule has 8 heteroatoms. The summed E-state index contributed by atoms with van der Waals surface area (Å²) >= 11 is 11.1. The van der Waals surface area contributed by atoms with Crippen molar-refractivity contribution in [3.8, 4) is 0 Å². The molecule has 2 aromatic rings. The summed E-state index contributed by atoms with van der Waals surface area (Å²) in [7, 11) is 0. The highest BCUT2D eigenvalue weighted by molar-refractivity contribution is 9.11. The Hall–Kier alpha value is -0.920. The van der Waals surface area contributed by atoms with Crippen molar-refractivity contribution in [2.45, 2.75) is 19.8 Å². The molecule has 20 heavy (non-hydrogen) atoms. The molecule has 0 saturated carbocycles. The highest BCUT2D eigenvalue weighted by Gasteiger charge is 2.04. The number of nitrogens with zero attached hydrogens (tertiary/aromatic N) is 3. The smallest absolute Gasteiger partial charge is 0.228 e. The molecule has 0 aromatic carbocycles. The van der Waals surface area contributed by atoms with Gasteiger partial charge in [-0.25, -0.2) is 0 Å². The first-order valence-corrected chi connectivity index (χ1v) is 8.29. The third-order valence-corrected chi connectivity index (χ3v) is 4.28. The van der Waals surface area contributed by atoms with Gasteiger partial charge in [-0.1, -0.05) is 6.92 Å². The minimum atomic E-state index is 0.194. The highest BCUT2D eigenvalue weighted by atomic mass is 79.9. The van der Waals surface area contributed by atoms with Crippen molar-refractivity contribution in [1.29, 1.82) is 0 Å². The molecule has 0 aliphatic heterocycles. The molecule has 5 nitrogen and oxygen atoms in total. The molecule has 2 heterocycles. The topological polar surface area (TPSA) is 62.7 Å². The van der Waals surface area contributed by atoms with E-state index >= 15 is 0 Å². The average Bonchev–Trinajstić information content (AvgIpc) is 2.81. The molecular formula is C12H15BrClN5S. The van der Waals surface area contributed by atoms with Crippen LogP contribution in [0.15, 0.2) is 15.9 Å². The normalized spacial score (nSPS) is 10.6. The van der Waals surface area contributed by atoms with E-state index in [0.717, 1.165) is 29.7 Å². The van der Waals surface area contributed by atoms with Crippen molar-refractivity contribution in [1.82, 2.24) is 15.0 Å². The predicted octanol–water partition coefficient (Wildman–Crippen LogP) is 3.83. The van der Waals surface area contributed by atoms with Crippen molar-refractivity contribution in [3.05, 3.63) is 26.1 Å². The van der Waals surface area contributed by atoms with Gasteiger partial charge in [0.15, 0.2) is 0 Å². The number of nitrogens with one attached hydrogen (secondary N) is 2. The number of rotatable bonds is 7. The fourth-order valence-electron chi connectivity index (χ4n) is 1.53. The van der Waals surface area contributed by atoms with Gasteiger partial charge in [0.1, 0.15) is 0 Å². The van der Waals surface area contributed by atoms with Crippen molar-refractivity contribution in [2.24, 2.45) is 0 Å². The van der Waals surface area contributed by atoms with E-state index in [1.165, 1.54) is 4.88 Å². The molecule has 0 radical (unpaired) electrons. The van der Waals surface area contributed by atoms with Gasteiger partial charge in [0, 0.05) is 18.0 Å². The molecule has 0 atom stereocenters. The molecule has 0 fully saturated rings. The minimum Gasteiger partial charge on any atom is -0.354 e. The molecule has 108 valence electrons. The first kappa shape index (κ1) is 15.5. The highest BCUT2D eigenvalue weighted by Crippen LogP contribution is 2.22. The quantitative estimate of drug-likeness (QED) is 0.769. The van der Waals surface area contributed by atoms with Gasteiger partial charge in [-0.3, -0.25) is 0 Å². The zero-order valence-corrected chi connectivity index (χ0v) is 14.1. The van der Waals surface area contributed by atoms with Gasteiger partial charge in [-0.15, -0.1) is 11.3 Å². The Labute approximate surface area is 135 Å². The fourth-order valence-corrected chi connectivity index (χ4v) is 3.17. The number of hydrogen-bond acceptors (Lipinski definition) is 6. The van der Waals surface area contributed by atoms with Crippen LogP contribution in [-0.2, 0) is 6.42 Å². The zero-order chi connectivity index (χ0) is 14.4. The number of halogens is 2. The largest absolute Gasteiger partial charge is 0.354 e. The van der Waals surface area contributed by atoms with E-state index in [1.807, 2.05) is 6.07 Å². The van der Waals surface area contributed by atoms with Gasteiger partial charge in [0.25, 0.3) is 0 Å². The molecular weight excluding hydrogens is 362 g/mol. The SMILES string of the molecule is CCCNc1nc(Cl)nc(NCCc2ccc(Br)s2)n1.